The number of carbonyl (C=O) groups is 1. The van der Waals surface area contributed by atoms with Crippen LogP contribution >= 0.6 is 0 Å². The third-order valence-electron chi connectivity index (χ3n) is 3.47. The molecule has 1 aromatic heterocycles. The molecule has 1 N–H and O–H groups in total. The van der Waals surface area contributed by atoms with Gasteiger partial charge in [0.15, 0.2) is 0 Å². The lowest BCUT2D eigenvalue weighted by atomic mass is 10.3. The molecule has 1 fully saturated rings. The molecule has 0 atom stereocenters. The monoisotopic (exact) mass is 292 g/mol. The second-order valence-corrected chi connectivity index (χ2v) is 5.55. The molecule has 0 bridgehead atoms. The Balaban J connectivity index is 1.99. The highest BCUT2D eigenvalue weighted by molar-refractivity contribution is 5.50. The highest BCUT2D eigenvalue weighted by Crippen LogP contribution is 2.16. The first-order valence-electron chi connectivity index (χ1n) is 7.27. The number of nitrogens with zero attached hydrogens (tertiary/aromatic N) is 5. The summed E-state index contributed by atoms with van der Waals surface area (Å²) in [6.45, 7) is 6.84. The first-order chi connectivity index (χ1) is 10.1. The van der Waals surface area contributed by atoms with Gasteiger partial charge in [0.05, 0.1) is 0 Å². The molecule has 1 aromatic rings. The van der Waals surface area contributed by atoms with Crippen LogP contribution in [0, 0.1) is 6.92 Å². The summed E-state index contributed by atoms with van der Waals surface area (Å²) in [5.74, 6) is 1.60. The van der Waals surface area contributed by atoms with Crippen LogP contribution in [-0.4, -0.2) is 79.5 Å². The van der Waals surface area contributed by atoms with Crippen molar-refractivity contribution in [3.05, 3.63) is 11.8 Å². The molecule has 7 heteroatoms. The summed E-state index contributed by atoms with van der Waals surface area (Å²) in [7, 11) is 4.08. The molecule has 1 aliphatic heterocycles. The van der Waals surface area contributed by atoms with E-state index in [-0.39, 0.29) is 0 Å². The van der Waals surface area contributed by atoms with Crippen molar-refractivity contribution in [1.29, 1.82) is 0 Å². The predicted molar refractivity (Wildman–Crippen MR) is 83.7 cm³/mol. The molecule has 0 spiro atoms. The van der Waals surface area contributed by atoms with Crippen molar-refractivity contribution < 1.29 is 4.79 Å². The summed E-state index contributed by atoms with van der Waals surface area (Å²) in [6, 6.07) is 1.99. The number of aromatic nitrogens is 2. The van der Waals surface area contributed by atoms with Crippen LogP contribution in [0.15, 0.2) is 6.07 Å². The summed E-state index contributed by atoms with van der Waals surface area (Å²) in [5, 5.41) is 3.26. The number of hydrogen-bond donors (Lipinski definition) is 1. The fourth-order valence-electron chi connectivity index (χ4n) is 2.24. The number of anilines is 2. The first-order valence-corrected chi connectivity index (χ1v) is 7.27. The van der Waals surface area contributed by atoms with Crippen LogP contribution in [0.25, 0.3) is 0 Å². The van der Waals surface area contributed by atoms with Crippen LogP contribution in [0.5, 0.6) is 0 Å². The number of rotatable bonds is 6. The average Bonchev–Trinajstić information content (AvgIpc) is 2.46. The van der Waals surface area contributed by atoms with E-state index in [9.17, 15) is 4.79 Å². The second-order valence-electron chi connectivity index (χ2n) is 5.55. The van der Waals surface area contributed by atoms with Gasteiger partial charge >= 0.3 is 0 Å². The number of likely N-dealkylation sites (N-methyl/N-ethyl adjacent to an activating group) is 1. The summed E-state index contributed by atoms with van der Waals surface area (Å²) in [6.07, 6.45) is 0.913. The molecular formula is C14H24N6O. The van der Waals surface area contributed by atoms with Gasteiger partial charge in [-0.2, -0.15) is 4.98 Å². The lowest BCUT2D eigenvalue weighted by Gasteiger charge is -2.33. The molecule has 0 unspecified atom stereocenters. The van der Waals surface area contributed by atoms with Gasteiger partial charge in [-0.3, -0.25) is 4.79 Å². The van der Waals surface area contributed by atoms with Crippen molar-refractivity contribution >= 4 is 18.2 Å². The maximum absolute atomic E-state index is 10.8. The van der Waals surface area contributed by atoms with E-state index in [1.165, 1.54) is 0 Å². The number of carbonyl (C=O) groups excluding carboxylic acids is 1. The van der Waals surface area contributed by atoms with E-state index in [4.69, 9.17) is 0 Å². The SMILES string of the molecule is Cc1cc(N2CCN(C=O)CC2)nc(NCCN(C)C)n1. The highest BCUT2D eigenvalue weighted by Gasteiger charge is 2.17. The number of piperazine rings is 1. The van der Waals surface area contributed by atoms with Gasteiger partial charge < -0.3 is 20.0 Å². The third-order valence-corrected chi connectivity index (χ3v) is 3.47. The molecular weight excluding hydrogens is 268 g/mol. The van der Waals surface area contributed by atoms with Crippen LogP contribution < -0.4 is 10.2 Å². The van der Waals surface area contributed by atoms with Gasteiger partial charge in [0.2, 0.25) is 12.4 Å². The number of amides is 1. The van der Waals surface area contributed by atoms with E-state index in [1.54, 1.807) is 4.90 Å². The zero-order valence-corrected chi connectivity index (χ0v) is 13.0. The van der Waals surface area contributed by atoms with E-state index < -0.39 is 0 Å². The van der Waals surface area contributed by atoms with Gasteiger partial charge in [-0.1, -0.05) is 0 Å². The molecule has 0 aliphatic carbocycles. The zero-order valence-electron chi connectivity index (χ0n) is 13.0. The molecule has 1 saturated heterocycles. The maximum Gasteiger partial charge on any atom is 0.224 e. The topological polar surface area (TPSA) is 64.6 Å². The van der Waals surface area contributed by atoms with E-state index in [0.717, 1.165) is 57.2 Å². The van der Waals surface area contributed by atoms with E-state index in [1.807, 2.05) is 27.1 Å². The van der Waals surface area contributed by atoms with E-state index in [0.29, 0.717) is 5.95 Å². The largest absolute Gasteiger partial charge is 0.353 e. The van der Waals surface area contributed by atoms with Crippen molar-refractivity contribution in [2.75, 3.05) is 63.6 Å². The summed E-state index contributed by atoms with van der Waals surface area (Å²) in [5.41, 5.74) is 0.949. The fourth-order valence-corrected chi connectivity index (χ4v) is 2.24. The summed E-state index contributed by atoms with van der Waals surface area (Å²) < 4.78 is 0. The summed E-state index contributed by atoms with van der Waals surface area (Å²) >= 11 is 0. The predicted octanol–water partition coefficient (Wildman–Crippen LogP) is 0.0369. The minimum Gasteiger partial charge on any atom is -0.353 e. The van der Waals surface area contributed by atoms with Gasteiger partial charge in [0.25, 0.3) is 0 Å². The van der Waals surface area contributed by atoms with Crippen molar-refractivity contribution in [2.24, 2.45) is 0 Å². The standard InChI is InChI=1S/C14H24N6O/c1-12-10-13(20-8-6-19(11-21)7-9-20)17-14(16-12)15-4-5-18(2)3/h10-11H,4-9H2,1-3H3,(H,15,16,17). The Bertz CT molecular complexity index is 471. The molecule has 2 rings (SSSR count). The molecule has 1 amide bonds. The van der Waals surface area contributed by atoms with E-state index >= 15 is 0 Å². The third kappa shape index (κ3) is 4.56. The normalized spacial score (nSPS) is 15.4. The number of hydrogen-bond acceptors (Lipinski definition) is 6. The van der Waals surface area contributed by atoms with Crippen molar-refractivity contribution in [3.8, 4) is 0 Å². The van der Waals surface area contributed by atoms with Gasteiger partial charge in [-0.25, -0.2) is 4.98 Å². The van der Waals surface area contributed by atoms with Crippen molar-refractivity contribution in [3.63, 3.8) is 0 Å². The Kier molecular flexibility index (Phi) is 5.32. The minimum absolute atomic E-state index is 0.671. The summed E-state index contributed by atoms with van der Waals surface area (Å²) in [4.78, 5) is 25.9. The smallest absolute Gasteiger partial charge is 0.224 e. The van der Waals surface area contributed by atoms with Crippen LogP contribution in [0.3, 0.4) is 0 Å². The minimum atomic E-state index is 0.671. The fraction of sp³-hybridized carbons (Fsp3) is 0.643. The average molecular weight is 292 g/mol. The number of nitrogens with one attached hydrogen (secondary N) is 1. The van der Waals surface area contributed by atoms with Gasteiger partial charge in [0, 0.05) is 51.0 Å². The molecule has 0 aromatic carbocycles. The molecule has 0 saturated carbocycles. The lowest BCUT2D eigenvalue weighted by molar-refractivity contribution is -0.118. The highest BCUT2D eigenvalue weighted by atomic mass is 16.1. The van der Waals surface area contributed by atoms with Crippen LogP contribution in [0.1, 0.15) is 5.69 Å². The van der Waals surface area contributed by atoms with Crippen molar-refractivity contribution in [1.82, 2.24) is 19.8 Å². The quantitative estimate of drug-likeness (QED) is 0.747. The van der Waals surface area contributed by atoms with Crippen LogP contribution in [0.4, 0.5) is 11.8 Å². The molecule has 21 heavy (non-hydrogen) atoms. The Morgan fingerprint density at radius 1 is 1.29 bits per heavy atom. The lowest BCUT2D eigenvalue weighted by Crippen LogP contribution is -2.46. The zero-order chi connectivity index (χ0) is 15.2. The maximum atomic E-state index is 10.8. The molecule has 0 radical (unpaired) electrons. The van der Waals surface area contributed by atoms with E-state index in [2.05, 4.69) is 25.1 Å². The Morgan fingerprint density at radius 3 is 2.62 bits per heavy atom. The molecule has 1 aliphatic rings. The van der Waals surface area contributed by atoms with Crippen LogP contribution in [-0.2, 0) is 4.79 Å². The van der Waals surface area contributed by atoms with Gasteiger partial charge in [-0.05, 0) is 21.0 Å². The Labute approximate surface area is 126 Å². The first kappa shape index (κ1) is 15.5. The Hall–Kier alpha value is -1.89. The molecule has 116 valence electrons. The molecule has 2 heterocycles. The number of aryl methyl sites for hydroxylation is 1. The van der Waals surface area contributed by atoms with Crippen molar-refractivity contribution in [2.45, 2.75) is 6.92 Å². The van der Waals surface area contributed by atoms with Crippen LogP contribution in [0.2, 0.25) is 0 Å². The van der Waals surface area contributed by atoms with Gasteiger partial charge in [0.1, 0.15) is 5.82 Å². The second kappa shape index (κ2) is 7.21. The van der Waals surface area contributed by atoms with Gasteiger partial charge in [-0.15, -0.1) is 0 Å². The molecule has 7 nitrogen and oxygen atoms in total. The Morgan fingerprint density at radius 2 is 2.00 bits per heavy atom.